The molecule has 0 radical (unpaired) electrons. The summed E-state index contributed by atoms with van der Waals surface area (Å²) >= 11 is 0. The van der Waals surface area contributed by atoms with Crippen molar-refractivity contribution >= 4 is 11.6 Å². The van der Waals surface area contributed by atoms with Crippen LogP contribution < -0.4 is 5.32 Å². The Hall–Kier alpha value is -1.52. The van der Waals surface area contributed by atoms with Gasteiger partial charge in [-0.2, -0.15) is 0 Å². The van der Waals surface area contributed by atoms with Gasteiger partial charge in [0.05, 0.1) is 5.69 Å². The molecule has 0 atom stereocenters. The number of halogens is 3. The molecule has 0 unspecified atom stereocenters. The van der Waals surface area contributed by atoms with Crippen LogP contribution in [0.4, 0.5) is 18.9 Å². The highest BCUT2D eigenvalue weighted by Gasteiger charge is 2.19. The van der Waals surface area contributed by atoms with Gasteiger partial charge < -0.3 is 5.32 Å². The van der Waals surface area contributed by atoms with Crippen molar-refractivity contribution in [2.75, 3.05) is 5.32 Å². The third kappa shape index (κ3) is 3.03. The van der Waals surface area contributed by atoms with Crippen molar-refractivity contribution in [3.05, 3.63) is 29.6 Å². The largest absolute Gasteiger partial charge is 0.323 e. The van der Waals surface area contributed by atoms with Gasteiger partial charge in [0.25, 0.3) is 0 Å². The molecule has 2 nitrogen and oxygen atoms in total. The molecular formula is C13H14F3NO. The molecule has 1 aromatic carbocycles. The SMILES string of the molecule is O=C(CC1CCCC1)Nc1cc(F)c(F)cc1F. The molecule has 1 aromatic rings. The molecule has 0 aliphatic heterocycles. The first-order valence-corrected chi connectivity index (χ1v) is 6.00. The fourth-order valence-electron chi connectivity index (χ4n) is 2.30. The van der Waals surface area contributed by atoms with Gasteiger partial charge in [-0.25, -0.2) is 13.2 Å². The van der Waals surface area contributed by atoms with Gasteiger partial charge in [0, 0.05) is 18.6 Å². The highest BCUT2D eigenvalue weighted by atomic mass is 19.2. The molecule has 1 fully saturated rings. The minimum absolute atomic E-state index is 0.304. The van der Waals surface area contributed by atoms with E-state index in [0.717, 1.165) is 25.7 Å². The maximum Gasteiger partial charge on any atom is 0.224 e. The zero-order valence-electron chi connectivity index (χ0n) is 9.81. The van der Waals surface area contributed by atoms with E-state index in [4.69, 9.17) is 0 Å². The molecule has 1 aliphatic carbocycles. The number of rotatable bonds is 3. The lowest BCUT2D eigenvalue weighted by molar-refractivity contribution is -0.117. The monoisotopic (exact) mass is 257 g/mol. The van der Waals surface area contributed by atoms with Crippen LogP contribution in [0, 0.1) is 23.4 Å². The fraction of sp³-hybridized carbons (Fsp3) is 0.462. The molecule has 18 heavy (non-hydrogen) atoms. The highest BCUT2D eigenvalue weighted by molar-refractivity contribution is 5.91. The molecule has 0 spiro atoms. The number of nitrogens with one attached hydrogen (secondary N) is 1. The summed E-state index contributed by atoms with van der Waals surface area (Å²) in [6, 6.07) is 1.09. The Labute approximate surface area is 103 Å². The number of carbonyl (C=O) groups is 1. The maximum atomic E-state index is 13.3. The smallest absolute Gasteiger partial charge is 0.224 e. The minimum Gasteiger partial charge on any atom is -0.323 e. The quantitative estimate of drug-likeness (QED) is 0.823. The van der Waals surface area contributed by atoms with Gasteiger partial charge in [0.15, 0.2) is 11.6 Å². The second kappa shape index (κ2) is 5.42. The molecule has 1 aliphatic rings. The Morgan fingerprint density at radius 1 is 1.11 bits per heavy atom. The first kappa shape index (κ1) is 12.9. The molecule has 1 amide bonds. The second-order valence-corrected chi connectivity index (χ2v) is 4.65. The molecular weight excluding hydrogens is 243 g/mol. The van der Waals surface area contributed by atoms with E-state index in [1.165, 1.54) is 0 Å². The van der Waals surface area contributed by atoms with Crippen LogP contribution in [0.2, 0.25) is 0 Å². The van der Waals surface area contributed by atoms with Gasteiger partial charge in [-0.1, -0.05) is 12.8 Å². The van der Waals surface area contributed by atoms with E-state index in [2.05, 4.69) is 5.32 Å². The van der Waals surface area contributed by atoms with Crippen LogP contribution in [0.1, 0.15) is 32.1 Å². The predicted molar refractivity (Wildman–Crippen MR) is 61.5 cm³/mol. The van der Waals surface area contributed by atoms with E-state index in [9.17, 15) is 18.0 Å². The maximum absolute atomic E-state index is 13.3. The summed E-state index contributed by atoms with van der Waals surface area (Å²) in [5, 5.41) is 2.28. The molecule has 5 heteroatoms. The van der Waals surface area contributed by atoms with Crippen molar-refractivity contribution in [2.45, 2.75) is 32.1 Å². The minimum atomic E-state index is -1.26. The number of anilines is 1. The lowest BCUT2D eigenvalue weighted by Crippen LogP contribution is -2.16. The summed E-state index contributed by atoms with van der Waals surface area (Å²) in [4.78, 5) is 11.6. The lowest BCUT2D eigenvalue weighted by Gasteiger charge is -2.10. The first-order chi connectivity index (χ1) is 8.56. The molecule has 0 aromatic heterocycles. The molecule has 1 saturated carbocycles. The number of hydrogen-bond donors (Lipinski definition) is 1. The van der Waals surface area contributed by atoms with Crippen LogP contribution in [0.15, 0.2) is 12.1 Å². The number of carbonyl (C=O) groups excluding carboxylic acids is 1. The van der Waals surface area contributed by atoms with Crippen LogP contribution >= 0.6 is 0 Å². The van der Waals surface area contributed by atoms with Crippen molar-refractivity contribution in [1.82, 2.24) is 0 Å². The summed E-state index contributed by atoms with van der Waals surface area (Å²) in [6.45, 7) is 0. The zero-order valence-corrected chi connectivity index (χ0v) is 9.81. The Morgan fingerprint density at radius 2 is 1.72 bits per heavy atom. The summed E-state index contributed by atoms with van der Waals surface area (Å²) in [5.74, 6) is -3.44. The van der Waals surface area contributed by atoms with Crippen LogP contribution in [0.25, 0.3) is 0 Å². The third-order valence-corrected chi connectivity index (χ3v) is 3.23. The van der Waals surface area contributed by atoms with Gasteiger partial charge in [0.1, 0.15) is 5.82 Å². The molecule has 98 valence electrons. The first-order valence-electron chi connectivity index (χ1n) is 6.00. The van der Waals surface area contributed by atoms with E-state index in [1.54, 1.807) is 0 Å². The summed E-state index contributed by atoms with van der Waals surface area (Å²) in [7, 11) is 0. The van der Waals surface area contributed by atoms with Gasteiger partial charge in [0.2, 0.25) is 5.91 Å². The van der Waals surface area contributed by atoms with E-state index in [0.29, 0.717) is 24.5 Å². The zero-order chi connectivity index (χ0) is 13.1. The third-order valence-electron chi connectivity index (χ3n) is 3.23. The standard InChI is InChI=1S/C13H14F3NO/c14-9-6-11(16)12(7-10(9)15)17-13(18)5-8-3-1-2-4-8/h6-8H,1-5H2,(H,17,18). The van der Waals surface area contributed by atoms with Gasteiger partial charge in [-0.05, 0) is 18.8 Å². The van der Waals surface area contributed by atoms with E-state index in [-0.39, 0.29) is 11.6 Å². The Kier molecular flexibility index (Phi) is 3.89. The number of benzene rings is 1. The van der Waals surface area contributed by atoms with E-state index in [1.807, 2.05) is 0 Å². The van der Waals surface area contributed by atoms with Gasteiger partial charge in [-0.15, -0.1) is 0 Å². The van der Waals surface area contributed by atoms with Crippen molar-refractivity contribution in [3.8, 4) is 0 Å². The Bertz CT molecular complexity index is 456. The Morgan fingerprint density at radius 3 is 2.39 bits per heavy atom. The topological polar surface area (TPSA) is 29.1 Å². The molecule has 0 heterocycles. The van der Waals surface area contributed by atoms with Crippen molar-refractivity contribution in [2.24, 2.45) is 5.92 Å². The molecule has 2 rings (SSSR count). The fourth-order valence-corrected chi connectivity index (χ4v) is 2.30. The van der Waals surface area contributed by atoms with E-state index < -0.39 is 17.5 Å². The summed E-state index contributed by atoms with van der Waals surface area (Å²) in [6.07, 6.45) is 4.51. The summed E-state index contributed by atoms with van der Waals surface area (Å²) in [5.41, 5.74) is -0.308. The molecule has 0 bridgehead atoms. The second-order valence-electron chi connectivity index (χ2n) is 4.65. The lowest BCUT2D eigenvalue weighted by atomic mass is 10.0. The summed E-state index contributed by atoms with van der Waals surface area (Å²) < 4.78 is 38.9. The number of amides is 1. The normalized spacial score (nSPS) is 15.9. The van der Waals surface area contributed by atoms with Crippen LogP contribution in [-0.2, 0) is 4.79 Å². The van der Waals surface area contributed by atoms with Crippen LogP contribution in [0.3, 0.4) is 0 Å². The Balaban J connectivity index is 2.00. The average molecular weight is 257 g/mol. The van der Waals surface area contributed by atoms with Crippen LogP contribution in [0.5, 0.6) is 0 Å². The van der Waals surface area contributed by atoms with Gasteiger partial charge in [-0.3, -0.25) is 4.79 Å². The van der Waals surface area contributed by atoms with E-state index >= 15 is 0 Å². The number of hydrogen-bond acceptors (Lipinski definition) is 1. The molecule has 1 N–H and O–H groups in total. The average Bonchev–Trinajstić information content (AvgIpc) is 2.78. The highest BCUT2D eigenvalue weighted by Crippen LogP contribution is 2.28. The van der Waals surface area contributed by atoms with Gasteiger partial charge >= 0.3 is 0 Å². The van der Waals surface area contributed by atoms with Crippen LogP contribution in [-0.4, -0.2) is 5.91 Å². The van der Waals surface area contributed by atoms with Crippen molar-refractivity contribution < 1.29 is 18.0 Å². The van der Waals surface area contributed by atoms with Crippen molar-refractivity contribution in [3.63, 3.8) is 0 Å². The van der Waals surface area contributed by atoms with Crippen molar-refractivity contribution in [1.29, 1.82) is 0 Å². The predicted octanol–water partition coefficient (Wildman–Crippen LogP) is 3.62. The molecule has 0 saturated heterocycles.